The summed E-state index contributed by atoms with van der Waals surface area (Å²) in [5.74, 6) is 0. The van der Waals surface area contributed by atoms with E-state index in [0.717, 1.165) is 5.57 Å². The highest BCUT2D eigenvalue weighted by molar-refractivity contribution is 7.66. The Balaban J connectivity index is 4.33. The van der Waals surface area contributed by atoms with E-state index >= 15 is 0 Å². The highest BCUT2D eigenvalue weighted by Crippen LogP contribution is 2.63. The molecule has 0 saturated carbocycles. The van der Waals surface area contributed by atoms with E-state index in [4.69, 9.17) is 9.79 Å². The second-order valence-corrected chi connectivity index (χ2v) is 7.90. The molecule has 0 aromatic heterocycles. The summed E-state index contributed by atoms with van der Waals surface area (Å²) in [6, 6.07) is 0. The largest absolute Gasteiger partial charge is 0.486 e. The van der Waals surface area contributed by atoms with Gasteiger partial charge in [0.1, 0.15) is 0 Å². The first-order valence-electron chi connectivity index (χ1n) is 4.47. The summed E-state index contributed by atoms with van der Waals surface area (Å²) in [5, 5.41) is 0. The monoisotopic (exact) mass is 308 g/mol. The molecule has 0 radical (unpaired) electrons. The molecule has 3 unspecified atom stereocenters. The minimum Gasteiger partial charge on any atom is -0.326 e. The molecule has 8 nitrogen and oxygen atoms in total. The number of rotatable bonds is 8. The molecule has 11 heteroatoms. The maximum Gasteiger partial charge on any atom is 0.486 e. The normalized spacial score (nSPS) is 20.2. The van der Waals surface area contributed by atoms with Gasteiger partial charge in [-0.15, -0.1) is 6.58 Å². The van der Waals surface area contributed by atoms with Gasteiger partial charge in [-0.3, -0.25) is 9.13 Å². The summed E-state index contributed by atoms with van der Waals surface area (Å²) >= 11 is 0. The maximum atomic E-state index is 11.3. The lowest BCUT2D eigenvalue weighted by molar-refractivity contribution is 0.263. The smallest absolute Gasteiger partial charge is 0.326 e. The van der Waals surface area contributed by atoms with Crippen LogP contribution in [0.4, 0.5) is 0 Å². The summed E-state index contributed by atoms with van der Waals surface area (Å²) in [4.78, 5) is 26.3. The Kier molecular flexibility index (Phi) is 7.07. The van der Waals surface area contributed by atoms with Crippen molar-refractivity contribution in [3.05, 3.63) is 12.2 Å². The Morgan fingerprint density at radius 1 is 1.41 bits per heavy atom. The average molecular weight is 308 g/mol. The lowest BCUT2D eigenvalue weighted by Gasteiger charge is -2.14. The Morgan fingerprint density at radius 2 is 1.94 bits per heavy atom. The zero-order valence-electron chi connectivity index (χ0n) is 9.11. The van der Waals surface area contributed by atoms with Crippen molar-refractivity contribution in [2.45, 2.75) is 19.8 Å². The van der Waals surface area contributed by atoms with Crippen LogP contribution < -0.4 is 0 Å². The molecule has 0 spiro atoms. The highest BCUT2D eigenvalue weighted by atomic mass is 31.3. The van der Waals surface area contributed by atoms with Crippen LogP contribution >= 0.6 is 23.7 Å². The molecule has 3 N–H and O–H groups in total. The fourth-order valence-electron chi connectivity index (χ4n) is 0.898. The lowest BCUT2D eigenvalue weighted by atomic mass is 10.2. The van der Waals surface area contributed by atoms with Crippen molar-refractivity contribution in [1.29, 1.82) is 0 Å². The summed E-state index contributed by atoms with van der Waals surface area (Å²) in [5.41, 5.74) is 0.786. The van der Waals surface area contributed by atoms with E-state index in [-0.39, 0.29) is 12.6 Å². The fraction of sp³-hybridized carbons (Fsp3) is 0.667. The maximum absolute atomic E-state index is 11.3. The third kappa shape index (κ3) is 9.89. The molecule has 0 aliphatic heterocycles. The Bertz CT molecular complexity index is 391. The minimum absolute atomic E-state index is 0.234. The van der Waals surface area contributed by atoms with E-state index in [0.29, 0.717) is 6.42 Å². The van der Waals surface area contributed by atoms with Crippen LogP contribution in [0, 0.1) is 0 Å². The van der Waals surface area contributed by atoms with Gasteiger partial charge in [0.2, 0.25) is 0 Å². The second-order valence-electron chi connectivity index (χ2n) is 3.33. The predicted molar refractivity (Wildman–Crippen MR) is 62.0 cm³/mol. The van der Waals surface area contributed by atoms with Crippen molar-refractivity contribution in [2.75, 3.05) is 6.16 Å². The van der Waals surface area contributed by atoms with Crippen molar-refractivity contribution in [2.24, 2.45) is 0 Å². The average Bonchev–Trinajstić information content (AvgIpc) is 1.95. The van der Waals surface area contributed by atoms with Gasteiger partial charge in [-0.05, 0) is 19.8 Å². The first-order valence-corrected chi connectivity index (χ1v) is 8.99. The molecule has 3 atom stereocenters. The fourth-order valence-corrected chi connectivity index (χ4v) is 4.30. The summed E-state index contributed by atoms with van der Waals surface area (Å²) in [6.07, 6.45) is 0.318. The minimum atomic E-state index is -4.99. The third-order valence-corrected chi connectivity index (χ3v) is 5.74. The van der Waals surface area contributed by atoms with Crippen LogP contribution in [0.3, 0.4) is 0 Å². The molecule has 0 saturated heterocycles. The number of hydrogen-bond donors (Lipinski definition) is 3. The van der Waals surface area contributed by atoms with Gasteiger partial charge in [-0.25, -0.2) is 13.2 Å². The third-order valence-electron chi connectivity index (χ3n) is 1.47. The first kappa shape index (κ1) is 17.2. The van der Waals surface area contributed by atoms with Crippen LogP contribution in [0.15, 0.2) is 12.2 Å². The predicted octanol–water partition coefficient (Wildman–Crippen LogP) is 2.04. The van der Waals surface area contributed by atoms with Crippen molar-refractivity contribution in [1.82, 2.24) is 0 Å². The van der Waals surface area contributed by atoms with Gasteiger partial charge in [0.25, 0.3) is 0 Å². The Labute approximate surface area is 99.4 Å². The second kappa shape index (κ2) is 6.98. The van der Waals surface area contributed by atoms with Gasteiger partial charge in [0, 0.05) is 0 Å². The van der Waals surface area contributed by atoms with Gasteiger partial charge in [-0.2, -0.15) is 0 Å². The number of allylic oxidation sites excluding steroid dienone is 1. The molecule has 0 aromatic carbocycles. The number of hydrogen-bond acceptors (Lipinski definition) is 5. The SMILES string of the molecule is C=C(C)CCCP(=O)(O)OP(=O)(O)O[PH](=O)O. The zero-order valence-corrected chi connectivity index (χ0v) is 11.9. The van der Waals surface area contributed by atoms with Crippen molar-refractivity contribution in [3.63, 3.8) is 0 Å². The molecule has 17 heavy (non-hydrogen) atoms. The van der Waals surface area contributed by atoms with Crippen LogP contribution in [0.5, 0.6) is 0 Å². The van der Waals surface area contributed by atoms with Crippen LogP contribution in [-0.2, 0) is 22.3 Å². The van der Waals surface area contributed by atoms with E-state index in [9.17, 15) is 18.6 Å². The van der Waals surface area contributed by atoms with Crippen LogP contribution in [0.1, 0.15) is 19.8 Å². The van der Waals surface area contributed by atoms with Crippen LogP contribution in [0.2, 0.25) is 0 Å². The standard InChI is InChI=1S/C6H15O8P3/c1-6(2)4-3-5-16(9,10)14-17(11,12)13-15(7)8/h15H,1,3-5H2,2H3,(H,7,8)(H,9,10)(H,11,12). The molecule has 0 aliphatic rings. The molecule has 0 aromatic rings. The van der Waals surface area contributed by atoms with E-state index in [1.807, 2.05) is 0 Å². The van der Waals surface area contributed by atoms with Gasteiger partial charge >= 0.3 is 23.7 Å². The van der Waals surface area contributed by atoms with Gasteiger partial charge in [-0.1, -0.05) is 5.57 Å². The molecule has 0 bridgehead atoms. The molecular weight excluding hydrogens is 293 g/mol. The van der Waals surface area contributed by atoms with E-state index in [1.165, 1.54) is 0 Å². The molecular formula is C6H15O8P3. The van der Waals surface area contributed by atoms with Crippen molar-refractivity contribution < 1.29 is 37.0 Å². The Hall–Kier alpha value is 0.230. The lowest BCUT2D eigenvalue weighted by Crippen LogP contribution is -1.95. The summed E-state index contributed by atoms with van der Waals surface area (Å²) in [6.45, 7) is 5.30. The molecule has 102 valence electrons. The first-order chi connectivity index (χ1) is 7.54. The number of phosphoric acid groups is 1. The Morgan fingerprint density at radius 3 is 2.35 bits per heavy atom. The molecule has 0 amide bonds. The quantitative estimate of drug-likeness (QED) is 0.458. The van der Waals surface area contributed by atoms with Gasteiger partial charge < -0.3 is 14.7 Å². The topological polar surface area (TPSA) is 130 Å². The van der Waals surface area contributed by atoms with Crippen LogP contribution in [0.25, 0.3) is 0 Å². The highest BCUT2D eigenvalue weighted by Gasteiger charge is 2.34. The van der Waals surface area contributed by atoms with Crippen LogP contribution in [-0.4, -0.2) is 20.8 Å². The van der Waals surface area contributed by atoms with E-state index in [2.05, 4.69) is 15.2 Å². The van der Waals surface area contributed by atoms with Gasteiger partial charge in [0.15, 0.2) is 0 Å². The van der Waals surface area contributed by atoms with Crippen molar-refractivity contribution >= 4 is 23.7 Å². The van der Waals surface area contributed by atoms with Gasteiger partial charge in [0.05, 0.1) is 6.16 Å². The zero-order chi connectivity index (χ0) is 13.7. The van der Waals surface area contributed by atoms with E-state index in [1.54, 1.807) is 6.92 Å². The molecule has 0 aliphatic carbocycles. The summed E-state index contributed by atoms with van der Waals surface area (Å²) in [7, 11) is -13.1. The van der Waals surface area contributed by atoms with Crippen molar-refractivity contribution in [3.8, 4) is 0 Å². The molecule has 0 fully saturated rings. The molecule has 0 heterocycles. The van der Waals surface area contributed by atoms with E-state index < -0.39 is 23.7 Å². The molecule has 0 rings (SSSR count). The summed E-state index contributed by atoms with van der Waals surface area (Å²) < 4.78 is 40.0.